The van der Waals surface area contributed by atoms with E-state index in [2.05, 4.69) is 6.07 Å². The molecular formula is C30H38N2O6S. The second-order valence-corrected chi connectivity index (χ2v) is 10.4. The molecule has 0 aliphatic rings. The van der Waals surface area contributed by atoms with Gasteiger partial charge in [-0.2, -0.15) is 0 Å². The Kier molecular flexibility index (Phi) is 11.6. The molecule has 2 aromatic carbocycles. The quantitative estimate of drug-likeness (QED) is 0.251. The molecule has 0 aliphatic heterocycles. The first-order chi connectivity index (χ1) is 18.9. The minimum absolute atomic E-state index is 0.0448. The Morgan fingerprint density at radius 2 is 1.56 bits per heavy atom. The summed E-state index contributed by atoms with van der Waals surface area (Å²) in [7, 11) is 6.36. The minimum atomic E-state index is -0.247. The second-order valence-electron chi connectivity index (χ2n) is 9.04. The van der Waals surface area contributed by atoms with E-state index in [0.29, 0.717) is 61.9 Å². The normalized spacial score (nSPS) is 10.7. The number of carbonyl (C=O) groups excluding carboxylic acids is 2. The van der Waals surface area contributed by atoms with Crippen LogP contribution in [-0.4, -0.2) is 76.3 Å². The lowest BCUT2D eigenvalue weighted by Crippen LogP contribution is -2.44. The van der Waals surface area contributed by atoms with E-state index in [4.69, 9.17) is 18.9 Å². The molecule has 0 radical (unpaired) electrons. The molecule has 0 bridgehead atoms. The third kappa shape index (κ3) is 8.46. The number of carbonyl (C=O) groups is 2. The van der Waals surface area contributed by atoms with Crippen LogP contribution in [-0.2, 0) is 22.5 Å². The number of nitrogens with zero attached hydrogens (tertiary/aromatic N) is 2. The summed E-state index contributed by atoms with van der Waals surface area (Å²) in [5.74, 6) is 1.41. The van der Waals surface area contributed by atoms with E-state index in [0.717, 1.165) is 10.4 Å². The van der Waals surface area contributed by atoms with E-state index in [9.17, 15) is 9.59 Å². The fraction of sp³-hybridized carbons (Fsp3) is 0.400. The Hall–Kier alpha value is -3.56. The van der Waals surface area contributed by atoms with E-state index in [1.54, 1.807) is 55.8 Å². The van der Waals surface area contributed by atoms with Crippen LogP contribution in [0, 0.1) is 6.92 Å². The van der Waals surface area contributed by atoms with Crippen LogP contribution in [0.3, 0.4) is 0 Å². The first kappa shape index (κ1) is 30.0. The summed E-state index contributed by atoms with van der Waals surface area (Å²) < 4.78 is 21.4. The van der Waals surface area contributed by atoms with Gasteiger partial charge in [0.25, 0.3) is 5.91 Å². The molecule has 1 heterocycles. The highest BCUT2D eigenvalue weighted by Crippen LogP contribution is 2.28. The molecule has 0 unspecified atom stereocenters. The minimum Gasteiger partial charge on any atom is -0.496 e. The van der Waals surface area contributed by atoms with Crippen molar-refractivity contribution in [3.8, 4) is 17.2 Å². The van der Waals surface area contributed by atoms with E-state index < -0.39 is 0 Å². The predicted molar refractivity (Wildman–Crippen MR) is 153 cm³/mol. The number of methoxy groups -OCH3 is 4. The standard InChI is InChI=1S/C30H38N2O6S/c1-22-11-13-24(39-22)20-31(17-15-23-12-14-27(37-4)28(19-23)38-5)29(33)21-32(16-8-18-35-2)30(34)25-9-6-7-10-26(25)36-3/h6-7,9-14,19H,8,15-18,20-21H2,1-5H3. The average molecular weight is 555 g/mol. The lowest BCUT2D eigenvalue weighted by molar-refractivity contribution is -0.132. The zero-order valence-corrected chi connectivity index (χ0v) is 24.2. The number of ether oxygens (including phenoxy) is 4. The fourth-order valence-electron chi connectivity index (χ4n) is 4.26. The molecular weight excluding hydrogens is 516 g/mol. The first-order valence-corrected chi connectivity index (χ1v) is 13.7. The van der Waals surface area contributed by atoms with Crippen molar-refractivity contribution in [2.24, 2.45) is 0 Å². The smallest absolute Gasteiger partial charge is 0.258 e. The van der Waals surface area contributed by atoms with Crippen molar-refractivity contribution in [1.29, 1.82) is 0 Å². The number of para-hydroxylation sites is 1. The van der Waals surface area contributed by atoms with Gasteiger partial charge < -0.3 is 28.7 Å². The van der Waals surface area contributed by atoms with Gasteiger partial charge in [-0.15, -0.1) is 11.3 Å². The molecule has 0 atom stereocenters. The van der Waals surface area contributed by atoms with Gasteiger partial charge in [-0.25, -0.2) is 0 Å². The number of hydrogen-bond donors (Lipinski definition) is 0. The van der Waals surface area contributed by atoms with Crippen LogP contribution in [0.4, 0.5) is 0 Å². The van der Waals surface area contributed by atoms with Crippen molar-refractivity contribution < 1.29 is 28.5 Å². The van der Waals surface area contributed by atoms with Gasteiger partial charge in [0.15, 0.2) is 11.5 Å². The topological polar surface area (TPSA) is 77.5 Å². The van der Waals surface area contributed by atoms with Crippen LogP contribution in [0.1, 0.15) is 32.1 Å². The van der Waals surface area contributed by atoms with Gasteiger partial charge in [0.2, 0.25) is 5.91 Å². The highest BCUT2D eigenvalue weighted by Gasteiger charge is 2.24. The monoisotopic (exact) mass is 554 g/mol. The molecule has 1 aromatic heterocycles. The van der Waals surface area contributed by atoms with Crippen LogP contribution in [0.2, 0.25) is 0 Å². The maximum Gasteiger partial charge on any atom is 0.258 e. The zero-order valence-electron chi connectivity index (χ0n) is 23.4. The van der Waals surface area contributed by atoms with E-state index >= 15 is 0 Å². The number of hydrogen-bond acceptors (Lipinski definition) is 7. The summed E-state index contributed by atoms with van der Waals surface area (Å²) in [4.78, 5) is 33.0. The fourth-order valence-corrected chi connectivity index (χ4v) is 5.16. The Labute approximate surface area is 235 Å². The number of thiophene rings is 1. The molecule has 0 N–H and O–H groups in total. The Morgan fingerprint density at radius 3 is 2.23 bits per heavy atom. The number of rotatable bonds is 15. The van der Waals surface area contributed by atoms with Gasteiger partial charge in [-0.3, -0.25) is 9.59 Å². The van der Waals surface area contributed by atoms with Crippen LogP contribution < -0.4 is 14.2 Å². The number of aryl methyl sites for hydroxylation is 1. The predicted octanol–water partition coefficient (Wildman–Crippen LogP) is 4.83. The average Bonchev–Trinajstić information content (AvgIpc) is 3.38. The number of amides is 2. The summed E-state index contributed by atoms with van der Waals surface area (Å²) in [5.41, 5.74) is 1.45. The molecule has 39 heavy (non-hydrogen) atoms. The maximum absolute atomic E-state index is 13.8. The summed E-state index contributed by atoms with van der Waals surface area (Å²) in [6, 6.07) is 16.9. The van der Waals surface area contributed by atoms with Gasteiger partial charge in [0.05, 0.1) is 33.4 Å². The van der Waals surface area contributed by atoms with Crippen molar-refractivity contribution in [2.45, 2.75) is 26.3 Å². The SMILES string of the molecule is COCCCN(CC(=O)N(CCc1ccc(OC)c(OC)c1)Cc1ccc(C)s1)C(=O)c1ccccc1OC. The third-order valence-electron chi connectivity index (χ3n) is 6.34. The lowest BCUT2D eigenvalue weighted by Gasteiger charge is -2.28. The largest absolute Gasteiger partial charge is 0.496 e. The van der Waals surface area contributed by atoms with Crippen molar-refractivity contribution in [1.82, 2.24) is 9.80 Å². The highest BCUT2D eigenvalue weighted by molar-refractivity contribution is 7.11. The van der Waals surface area contributed by atoms with Crippen molar-refractivity contribution in [3.63, 3.8) is 0 Å². The van der Waals surface area contributed by atoms with Gasteiger partial charge in [0.1, 0.15) is 12.3 Å². The van der Waals surface area contributed by atoms with Crippen molar-refractivity contribution in [3.05, 3.63) is 75.5 Å². The Morgan fingerprint density at radius 1 is 0.821 bits per heavy atom. The zero-order chi connectivity index (χ0) is 28.2. The van der Waals surface area contributed by atoms with Crippen LogP contribution >= 0.6 is 11.3 Å². The molecule has 8 nitrogen and oxygen atoms in total. The van der Waals surface area contributed by atoms with Gasteiger partial charge in [0, 0.05) is 36.6 Å². The third-order valence-corrected chi connectivity index (χ3v) is 7.33. The molecule has 3 rings (SSSR count). The van der Waals surface area contributed by atoms with E-state index in [1.807, 2.05) is 42.2 Å². The molecule has 210 valence electrons. The molecule has 2 amide bonds. The van der Waals surface area contributed by atoms with Crippen LogP contribution in [0.5, 0.6) is 17.2 Å². The molecule has 9 heteroatoms. The van der Waals surface area contributed by atoms with Crippen molar-refractivity contribution >= 4 is 23.2 Å². The van der Waals surface area contributed by atoms with E-state index in [1.165, 1.54) is 12.0 Å². The summed E-state index contributed by atoms with van der Waals surface area (Å²) in [6.45, 7) is 3.84. The second kappa shape index (κ2) is 15.1. The summed E-state index contributed by atoms with van der Waals surface area (Å²) >= 11 is 1.67. The Balaban J connectivity index is 1.82. The summed E-state index contributed by atoms with van der Waals surface area (Å²) in [6.07, 6.45) is 1.24. The molecule has 0 saturated carbocycles. The highest BCUT2D eigenvalue weighted by atomic mass is 32.1. The van der Waals surface area contributed by atoms with Crippen molar-refractivity contribution in [2.75, 3.05) is 54.7 Å². The maximum atomic E-state index is 13.8. The molecule has 0 saturated heterocycles. The van der Waals surface area contributed by atoms with Gasteiger partial charge in [-0.05, 0) is 61.7 Å². The van der Waals surface area contributed by atoms with Gasteiger partial charge in [-0.1, -0.05) is 18.2 Å². The first-order valence-electron chi connectivity index (χ1n) is 12.8. The lowest BCUT2D eigenvalue weighted by atomic mass is 10.1. The summed E-state index contributed by atoms with van der Waals surface area (Å²) in [5, 5.41) is 0. The molecule has 0 fully saturated rings. The number of benzene rings is 2. The van der Waals surface area contributed by atoms with E-state index in [-0.39, 0.29) is 18.4 Å². The van der Waals surface area contributed by atoms with Gasteiger partial charge >= 0.3 is 0 Å². The van der Waals surface area contributed by atoms with Crippen LogP contribution in [0.15, 0.2) is 54.6 Å². The molecule has 0 spiro atoms. The molecule has 0 aliphatic carbocycles. The molecule has 3 aromatic rings. The van der Waals surface area contributed by atoms with Crippen LogP contribution in [0.25, 0.3) is 0 Å². The Bertz CT molecular complexity index is 1230.